The first-order valence-corrected chi connectivity index (χ1v) is 8.21. The number of ether oxygens (including phenoxy) is 2. The second kappa shape index (κ2) is 7.67. The molecule has 27 heavy (non-hydrogen) atoms. The van der Waals surface area contributed by atoms with Crippen molar-refractivity contribution in [3.8, 4) is 22.8 Å². The summed E-state index contributed by atoms with van der Waals surface area (Å²) in [5, 5.41) is 17.3. The first-order valence-electron chi connectivity index (χ1n) is 8.21. The van der Waals surface area contributed by atoms with Gasteiger partial charge in [0.2, 0.25) is 0 Å². The summed E-state index contributed by atoms with van der Waals surface area (Å²) in [6.07, 6.45) is 1.34. The molecule has 0 spiro atoms. The van der Waals surface area contributed by atoms with E-state index in [-0.39, 0.29) is 52.5 Å². The smallest absolute Gasteiger partial charge is 0.173 e. The minimum absolute atomic E-state index is 0.0404. The molecular formula is C20H18F2N2O3. The lowest BCUT2D eigenvalue weighted by Gasteiger charge is -2.15. The van der Waals surface area contributed by atoms with E-state index in [2.05, 4.69) is 4.98 Å². The van der Waals surface area contributed by atoms with Crippen LogP contribution in [0.2, 0.25) is 0 Å². The highest BCUT2D eigenvalue weighted by Crippen LogP contribution is 2.37. The van der Waals surface area contributed by atoms with Gasteiger partial charge in [-0.1, -0.05) is 0 Å². The van der Waals surface area contributed by atoms with Gasteiger partial charge in [0.1, 0.15) is 18.2 Å². The number of hydrogen-bond acceptors (Lipinski definition) is 5. The Labute approximate surface area is 154 Å². The van der Waals surface area contributed by atoms with E-state index in [9.17, 15) is 9.50 Å². The number of nitrogens with zero attached hydrogens (tertiary/aromatic N) is 1. The van der Waals surface area contributed by atoms with Gasteiger partial charge in [0.25, 0.3) is 0 Å². The lowest BCUT2D eigenvalue weighted by molar-refractivity contribution is 0.144. The Morgan fingerprint density at radius 1 is 1.15 bits per heavy atom. The van der Waals surface area contributed by atoms with E-state index in [1.807, 2.05) is 0 Å². The van der Waals surface area contributed by atoms with Gasteiger partial charge in [-0.05, 0) is 31.2 Å². The molecule has 1 heterocycles. The predicted octanol–water partition coefficient (Wildman–Crippen LogP) is 4.30. The summed E-state index contributed by atoms with van der Waals surface area (Å²) in [6.45, 7) is 1.77. The fourth-order valence-corrected chi connectivity index (χ4v) is 2.81. The van der Waals surface area contributed by atoms with Gasteiger partial charge in [0, 0.05) is 47.0 Å². The summed E-state index contributed by atoms with van der Waals surface area (Å²) in [5.74, 6) is -1.66. The van der Waals surface area contributed by atoms with Crippen LogP contribution in [0.3, 0.4) is 0 Å². The Balaban J connectivity index is 2.28. The normalized spacial score (nSPS) is 11.0. The minimum Gasteiger partial charge on any atom is -0.508 e. The zero-order valence-electron chi connectivity index (χ0n) is 14.8. The Kier molecular flexibility index (Phi) is 5.32. The number of phenols is 1. The van der Waals surface area contributed by atoms with Crippen molar-refractivity contribution in [2.24, 2.45) is 0 Å². The number of rotatable bonds is 6. The average Bonchev–Trinajstić information content (AvgIpc) is 2.65. The van der Waals surface area contributed by atoms with Crippen LogP contribution in [0, 0.1) is 17.0 Å². The van der Waals surface area contributed by atoms with E-state index < -0.39 is 11.6 Å². The number of benzene rings is 2. The van der Waals surface area contributed by atoms with E-state index in [1.165, 1.54) is 32.4 Å². The third-order valence-electron chi connectivity index (χ3n) is 4.10. The molecule has 0 aliphatic carbocycles. The van der Waals surface area contributed by atoms with Crippen molar-refractivity contribution in [1.82, 2.24) is 4.98 Å². The number of aromatic nitrogens is 1. The van der Waals surface area contributed by atoms with Gasteiger partial charge in [0.15, 0.2) is 11.6 Å². The Morgan fingerprint density at radius 2 is 1.85 bits per heavy atom. The van der Waals surface area contributed by atoms with Crippen LogP contribution in [0.25, 0.3) is 22.0 Å². The third kappa shape index (κ3) is 3.59. The first kappa shape index (κ1) is 18.7. The fraction of sp³-hybridized carbons (Fsp3) is 0.200. The maximum absolute atomic E-state index is 15.2. The van der Waals surface area contributed by atoms with Crippen LogP contribution < -0.4 is 4.74 Å². The van der Waals surface area contributed by atoms with Crippen LogP contribution in [0.15, 0.2) is 36.5 Å². The number of aromatic hydroxyl groups is 1. The van der Waals surface area contributed by atoms with Crippen molar-refractivity contribution >= 4 is 16.5 Å². The second-order valence-corrected chi connectivity index (χ2v) is 5.95. The van der Waals surface area contributed by atoms with Gasteiger partial charge in [-0.2, -0.15) is 0 Å². The van der Waals surface area contributed by atoms with Gasteiger partial charge >= 0.3 is 0 Å². The van der Waals surface area contributed by atoms with E-state index in [0.29, 0.717) is 5.56 Å². The number of pyridine rings is 1. The molecule has 3 rings (SSSR count). The van der Waals surface area contributed by atoms with E-state index in [0.717, 1.165) is 6.07 Å². The fourth-order valence-electron chi connectivity index (χ4n) is 2.81. The molecular weight excluding hydrogens is 354 g/mol. The molecule has 1 aromatic heterocycles. The molecule has 3 aromatic rings. The van der Waals surface area contributed by atoms with Crippen molar-refractivity contribution in [1.29, 1.82) is 5.41 Å². The predicted molar refractivity (Wildman–Crippen MR) is 98.6 cm³/mol. The zero-order valence-corrected chi connectivity index (χ0v) is 14.8. The van der Waals surface area contributed by atoms with Crippen LogP contribution in [0.4, 0.5) is 8.78 Å². The molecule has 7 heteroatoms. The third-order valence-corrected chi connectivity index (χ3v) is 4.10. The van der Waals surface area contributed by atoms with Gasteiger partial charge in [-0.15, -0.1) is 0 Å². The van der Waals surface area contributed by atoms with Crippen LogP contribution in [-0.4, -0.2) is 36.1 Å². The maximum atomic E-state index is 15.2. The van der Waals surface area contributed by atoms with Crippen LogP contribution >= 0.6 is 0 Å². The van der Waals surface area contributed by atoms with Crippen molar-refractivity contribution < 1.29 is 23.4 Å². The highest BCUT2D eigenvalue weighted by Gasteiger charge is 2.22. The summed E-state index contributed by atoms with van der Waals surface area (Å²) in [6, 6.07) is 6.98. The molecule has 0 aliphatic rings. The molecule has 0 saturated heterocycles. The standard InChI is InChI=1S/C20H18F2N2O3/c1-11(23)14-10-24-20(12-3-5-13(25)6-4-12)18-15(21)9-16(19(22)17(14)18)27-8-7-26-2/h3-6,9-10,23,25H,7-8H2,1-2H3. The molecule has 2 N–H and O–H groups in total. The monoisotopic (exact) mass is 372 g/mol. The number of phenolic OH excluding ortho intramolecular Hbond substituents is 1. The zero-order chi connectivity index (χ0) is 19.6. The Bertz CT molecular complexity index is 1000. The summed E-state index contributed by atoms with van der Waals surface area (Å²) in [5.41, 5.74) is 0.964. The number of fused-ring (bicyclic) bond motifs is 1. The Hall–Kier alpha value is -3.06. The minimum atomic E-state index is -0.758. The van der Waals surface area contributed by atoms with E-state index in [1.54, 1.807) is 12.1 Å². The highest BCUT2D eigenvalue weighted by atomic mass is 19.1. The van der Waals surface area contributed by atoms with Crippen LogP contribution in [0.1, 0.15) is 12.5 Å². The summed E-state index contributed by atoms with van der Waals surface area (Å²) in [4.78, 5) is 4.25. The highest BCUT2D eigenvalue weighted by molar-refractivity contribution is 6.11. The molecule has 5 nitrogen and oxygen atoms in total. The summed E-state index contributed by atoms with van der Waals surface area (Å²) >= 11 is 0. The molecule has 0 amide bonds. The number of methoxy groups -OCH3 is 1. The van der Waals surface area contributed by atoms with E-state index >= 15 is 4.39 Å². The second-order valence-electron chi connectivity index (χ2n) is 5.95. The lowest BCUT2D eigenvalue weighted by atomic mass is 9.97. The van der Waals surface area contributed by atoms with Crippen LogP contribution in [0.5, 0.6) is 11.5 Å². The number of halogens is 2. The van der Waals surface area contributed by atoms with Gasteiger partial charge in [-0.25, -0.2) is 8.78 Å². The molecule has 0 saturated carbocycles. The Morgan fingerprint density at radius 3 is 2.48 bits per heavy atom. The number of hydrogen-bond donors (Lipinski definition) is 2. The average molecular weight is 372 g/mol. The maximum Gasteiger partial charge on any atom is 0.173 e. The SMILES string of the molecule is COCCOc1cc(F)c2c(-c3ccc(O)cc3)ncc(C(C)=N)c2c1F. The molecule has 0 radical (unpaired) electrons. The first-order chi connectivity index (χ1) is 12.9. The van der Waals surface area contributed by atoms with Crippen molar-refractivity contribution in [3.63, 3.8) is 0 Å². The molecule has 0 atom stereocenters. The van der Waals surface area contributed by atoms with Crippen LogP contribution in [-0.2, 0) is 4.74 Å². The van der Waals surface area contributed by atoms with Gasteiger partial charge in [-0.3, -0.25) is 4.98 Å². The van der Waals surface area contributed by atoms with Crippen molar-refractivity contribution in [2.75, 3.05) is 20.3 Å². The molecule has 140 valence electrons. The number of nitrogens with one attached hydrogen (secondary N) is 1. The van der Waals surface area contributed by atoms with Gasteiger partial charge in [0.05, 0.1) is 12.3 Å². The van der Waals surface area contributed by atoms with Gasteiger partial charge < -0.3 is 20.0 Å². The van der Waals surface area contributed by atoms with Crippen molar-refractivity contribution in [2.45, 2.75) is 6.92 Å². The van der Waals surface area contributed by atoms with E-state index in [4.69, 9.17) is 14.9 Å². The topological polar surface area (TPSA) is 75.4 Å². The molecule has 0 unspecified atom stereocenters. The van der Waals surface area contributed by atoms with Crippen molar-refractivity contribution in [3.05, 3.63) is 53.7 Å². The quantitative estimate of drug-likeness (QED) is 0.500. The molecule has 0 fully saturated rings. The summed E-state index contributed by atoms with van der Waals surface area (Å²) < 4.78 is 40.3. The molecule has 0 aliphatic heterocycles. The largest absolute Gasteiger partial charge is 0.508 e. The molecule has 0 bridgehead atoms. The summed E-state index contributed by atoms with van der Waals surface area (Å²) in [7, 11) is 1.48. The lowest BCUT2D eigenvalue weighted by Crippen LogP contribution is -2.08. The molecule has 2 aromatic carbocycles.